The average molecular weight is 514 g/mol. The first-order chi connectivity index (χ1) is 17.5. The molecule has 0 bridgehead atoms. The van der Waals surface area contributed by atoms with Crippen LogP contribution in [0, 0.1) is 22.7 Å². The van der Waals surface area contributed by atoms with Gasteiger partial charge in [0.05, 0.1) is 23.3 Å². The molecule has 0 aliphatic carbocycles. The topological polar surface area (TPSA) is 123 Å². The maximum atomic E-state index is 9.09. The molecule has 8 nitrogen and oxygen atoms in total. The van der Waals surface area contributed by atoms with Gasteiger partial charge in [0.2, 0.25) is 0 Å². The summed E-state index contributed by atoms with van der Waals surface area (Å²) < 4.78 is 28.8. The van der Waals surface area contributed by atoms with Crippen LogP contribution in [0.15, 0.2) is 114 Å². The van der Waals surface area contributed by atoms with E-state index in [4.69, 9.17) is 34.1 Å². The fraction of sp³-hybridized carbons (Fsp3) is 0. The molecule has 0 fully saturated rings. The van der Waals surface area contributed by atoms with Crippen molar-refractivity contribution in [3.63, 3.8) is 0 Å². The van der Waals surface area contributed by atoms with Gasteiger partial charge in [-0.05, 0) is 72.8 Å². The van der Waals surface area contributed by atoms with Crippen LogP contribution in [0.5, 0.6) is 23.0 Å². The van der Waals surface area contributed by atoms with Crippen LogP contribution in [-0.4, -0.2) is 0 Å². The minimum atomic E-state index is -3.51. The second kappa shape index (κ2) is 11.9. The normalized spacial score (nSPS) is 12.6. The van der Waals surface area contributed by atoms with Gasteiger partial charge in [0.15, 0.2) is 0 Å². The fourth-order valence-electron chi connectivity index (χ4n) is 2.84. The molecule has 0 aliphatic rings. The fourth-order valence-corrected chi connectivity index (χ4v) is 5.76. The molecular formula is C26H20N4O4P2. The van der Waals surface area contributed by atoms with Crippen molar-refractivity contribution in [2.24, 2.45) is 10.0 Å². The number of nitrogens with zero attached hydrogens (tertiary/aromatic N) is 3. The molecule has 36 heavy (non-hydrogen) atoms. The van der Waals surface area contributed by atoms with Crippen molar-refractivity contribution in [3.05, 3.63) is 120 Å². The number of nitrogens with two attached hydrogens (primary N) is 1. The van der Waals surface area contributed by atoms with Gasteiger partial charge < -0.3 is 18.1 Å². The third-order valence-corrected chi connectivity index (χ3v) is 7.75. The summed E-state index contributed by atoms with van der Waals surface area (Å²) >= 11 is 0. The Bertz CT molecular complexity index is 1420. The monoisotopic (exact) mass is 514 g/mol. The molecule has 0 saturated carbocycles. The van der Waals surface area contributed by atoms with E-state index in [2.05, 4.69) is 16.7 Å². The minimum Gasteiger partial charge on any atom is -0.422 e. The molecule has 0 amide bonds. The molecule has 4 rings (SSSR count). The van der Waals surface area contributed by atoms with Crippen LogP contribution < -0.4 is 23.6 Å². The number of benzene rings is 4. The van der Waals surface area contributed by atoms with E-state index in [1.807, 2.05) is 24.3 Å². The Morgan fingerprint density at radius 1 is 0.583 bits per heavy atom. The molecule has 4 aromatic carbocycles. The molecule has 0 aromatic heterocycles. The number of para-hydroxylation sites is 2. The van der Waals surface area contributed by atoms with Crippen molar-refractivity contribution in [1.82, 2.24) is 0 Å². The summed E-state index contributed by atoms with van der Waals surface area (Å²) in [7, 11) is -5.57. The van der Waals surface area contributed by atoms with Gasteiger partial charge in [-0.1, -0.05) is 36.4 Å². The van der Waals surface area contributed by atoms with Gasteiger partial charge in [-0.15, -0.1) is 4.52 Å². The molecule has 2 atom stereocenters. The highest BCUT2D eigenvalue weighted by atomic mass is 31.2. The Morgan fingerprint density at radius 3 is 1.44 bits per heavy atom. The lowest BCUT2D eigenvalue weighted by molar-refractivity contribution is 0.467. The van der Waals surface area contributed by atoms with Gasteiger partial charge in [-0.25, -0.2) is 5.50 Å². The van der Waals surface area contributed by atoms with E-state index in [0.717, 1.165) is 0 Å². The van der Waals surface area contributed by atoms with Gasteiger partial charge >= 0.3 is 16.2 Å². The molecule has 0 heterocycles. The zero-order valence-electron chi connectivity index (χ0n) is 18.8. The summed E-state index contributed by atoms with van der Waals surface area (Å²) in [5.41, 5.74) is 7.60. The number of hydrogen-bond donors (Lipinski definition) is 1. The molecule has 2 unspecified atom stereocenters. The predicted octanol–water partition coefficient (Wildman–Crippen LogP) is 7.18. The van der Waals surface area contributed by atoms with Crippen LogP contribution in [0.3, 0.4) is 0 Å². The smallest absolute Gasteiger partial charge is 0.422 e. The molecule has 178 valence electrons. The lowest BCUT2D eigenvalue weighted by atomic mass is 10.2. The maximum absolute atomic E-state index is 9.09. The summed E-state index contributed by atoms with van der Waals surface area (Å²) in [6.45, 7) is 0. The first-order valence-corrected chi connectivity index (χ1v) is 13.4. The molecule has 4 aromatic rings. The van der Waals surface area contributed by atoms with Crippen LogP contribution in [0.1, 0.15) is 11.1 Å². The third-order valence-electron chi connectivity index (χ3n) is 4.49. The molecular weight excluding hydrogens is 494 g/mol. The Morgan fingerprint density at radius 2 is 0.972 bits per heavy atom. The van der Waals surface area contributed by atoms with Crippen molar-refractivity contribution in [2.45, 2.75) is 0 Å². The van der Waals surface area contributed by atoms with Crippen LogP contribution in [0.2, 0.25) is 0 Å². The number of hydrogen-bond acceptors (Lipinski definition) is 7. The SMILES string of the molecule is N#Cc1ccc(OP(N=P(N)(Oc2ccccc2)Oc2ccc(C#N)cc2)Oc2ccccc2)cc1. The quantitative estimate of drug-likeness (QED) is 0.235. The van der Waals surface area contributed by atoms with Crippen LogP contribution in [-0.2, 0) is 0 Å². The van der Waals surface area contributed by atoms with Crippen molar-refractivity contribution < 1.29 is 18.1 Å². The van der Waals surface area contributed by atoms with Gasteiger partial charge in [0, 0.05) is 0 Å². The lowest BCUT2D eigenvalue weighted by Gasteiger charge is -2.23. The van der Waals surface area contributed by atoms with E-state index in [0.29, 0.717) is 34.1 Å². The van der Waals surface area contributed by atoms with E-state index in [1.54, 1.807) is 84.9 Å². The highest BCUT2D eigenvalue weighted by molar-refractivity contribution is 7.63. The largest absolute Gasteiger partial charge is 0.443 e. The van der Waals surface area contributed by atoms with E-state index >= 15 is 0 Å². The lowest BCUT2D eigenvalue weighted by Crippen LogP contribution is -2.10. The van der Waals surface area contributed by atoms with E-state index in [-0.39, 0.29) is 0 Å². The van der Waals surface area contributed by atoms with Crippen molar-refractivity contribution >= 4 is 16.2 Å². The van der Waals surface area contributed by atoms with E-state index in [9.17, 15) is 0 Å². The van der Waals surface area contributed by atoms with Crippen LogP contribution in [0.4, 0.5) is 0 Å². The standard InChI is InChI=1S/C26H20N4O4P2/c27-19-21-11-15-24(16-12-21)32-35(31-23-7-3-1-4-8-23)30-36(29,33-25-9-5-2-6-10-25)34-26-17-13-22(20-28)14-18-26/h1-18H,29H2. The second-order valence-electron chi connectivity index (χ2n) is 7.16. The highest BCUT2D eigenvalue weighted by Gasteiger charge is 2.27. The Balaban J connectivity index is 1.71. The van der Waals surface area contributed by atoms with Crippen LogP contribution in [0.25, 0.3) is 0 Å². The zero-order valence-corrected chi connectivity index (χ0v) is 20.6. The number of nitriles is 2. The summed E-state index contributed by atoms with van der Waals surface area (Å²) in [5.74, 6) is 1.78. The van der Waals surface area contributed by atoms with Gasteiger partial charge in [0.1, 0.15) is 23.0 Å². The molecule has 0 saturated heterocycles. The van der Waals surface area contributed by atoms with Crippen molar-refractivity contribution in [2.75, 3.05) is 0 Å². The highest BCUT2D eigenvalue weighted by Crippen LogP contribution is 2.55. The summed E-state index contributed by atoms with van der Waals surface area (Å²) in [5, 5.41) is 18.2. The minimum absolute atomic E-state index is 0.373. The number of rotatable bonds is 9. The maximum Gasteiger partial charge on any atom is 0.443 e. The summed E-state index contributed by atoms with van der Waals surface area (Å²) in [6, 6.07) is 35.1. The van der Waals surface area contributed by atoms with Crippen LogP contribution >= 0.6 is 16.2 Å². The molecule has 0 spiro atoms. The Labute approximate surface area is 210 Å². The second-order valence-corrected chi connectivity index (χ2v) is 10.2. The van der Waals surface area contributed by atoms with Gasteiger partial charge in [0.25, 0.3) is 0 Å². The third kappa shape index (κ3) is 7.09. The van der Waals surface area contributed by atoms with E-state index in [1.165, 1.54) is 0 Å². The zero-order chi connectivity index (χ0) is 25.2. The summed E-state index contributed by atoms with van der Waals surface area (Å²) in [6.07, 6.45) is 0. The van der Waals surface area contributed by atoms with E-state index < -0.39 is 16.2 Å². The summed E-state index contributed by atoms with van der Waals surface area (Å²) in [4.78, 5) is 0. The molecule has 0 radical (unpaired) electrons. The van der Waals surface area contributed by atoms with Crippen molar-refractivity contribution in [3.8, 4) is 35.1 Å². The molecule has 10 heteroatoms. The van der Waals surface area contributed by atoms with Gasteiger partial charge in [-0.3, -0.25) is 0 Å². The average Bonchev–Trinajstić information content (AvgIpc) is 2.90. The Kier molecular flexibility index (Phi) is 8.19. The first kappa shape index (κ1) is 24.8. The first-order valence-electron chi connectivity index (χ1n) is 10.6. The Hall–Kier alpha value is -4.32. The molecule has 0 aliphatic heterocycles. The molecule has 2 N–H and O–H groups in total. The van der Waals surface area contributed by atoms with Crippen molar-refractivity contribution in [1.29, 1.82) is 10.5 Å². The van der Waals surface area contributed by atoms with Gasteiger partial charge in [-0.2, -0.15) is 10.5 Å². The predicted molar refractivity (Wildman–Crippen MR) is 138 cm³/mol.